The Bertz CT molecular complexity index is 1680. The van der Waals surface area contributed by atoms with Crippen molar-refractivity contribution in [3.8, 4) is 17.3 Å². The zero-order valence-corrected chi connectivity index (χ0v) is 25.2. The molecule has 0 spiro atoms. The number of nitriles is 1. The molecule has 4 amide bonds. The Kier molecular flexibility index (Phi) is 9.03. The van der Waals surface area contributed by atoms with E-state index in [1.807, 2.05) is 6.92 Å². The Morgan fingerprint density at radius 2 is 1.85 bits per heavy atom. The first-order valence-corrected chi connectivity index (χ1v) is 14.6. The van der Waals surface area contributed by atoms with Gasteiger partial charge in [-0.1, -0.05) is 6.92 Å². The van der Waals surface area contributed by atoms with Gasteiger partial charge in [0.15, 0.2) is 11.5 Å². The number of halogens is 3. The second kappa shape index (κ2) is 12.8. The van der Waals surface area contributed by atoms with Crippen LogP contribution in [0.3, 0.4) is 0 Å². The van der Waals surface area contributed by atoms with Crippen molar-refractivity contribution < 1.29 is 32.7 Å². The van der Waals surface area contributed by atoms with Gasteiger partial charge in [-0.15, -0.1) is 0 Å². The molecule has 2 aromatic heterocycles. The number of nitrogens with one attached hydrogen (secondary N) is 3. The Morgan fingerprint density at radius 1 is 1.15 bits per heavy atom. The van der Waals surface area contributed by atoms with Gasteiger partial charge in [0.05, 0.1) is 30.1 Å². The summed E-state index contributed by atoms with van der Waals surface area (Å²) < 4.78 is 43.1. The van der Waals surface area contributed by atoms with Gasteiger partial charge in [-0.2, -0.15) is 23.5 Å². The zero-order valence-electron chi connectivity index (χ0n) is 25.2. The molecule has 17 heteroatoms. The topological polar surface area (TPSA) is 173 Å². The van der Waals surface area contributed by atoms with Crippen molar-refractivity contribution in [3.63, 3.8) is 0 Å². The monoisotopic (exact) mass is 642 g/mol. The summed E-state index contributed by atoms with van der Waals surface area (Å²) in [6.45, 7) is 3.79. The highest BCUT2D eigenvalue weighted by Gasteiger charge is 2.39. The van der Waals surface area contributed by atoms with Gasteiger partial charge in [0.1, 0.15) is 12.1 Å². The smallest absolute Gasteiger partial charge is 0.385 e. The lowest BCUT2D eigenvalue weighted by Crippen LogP contribution is -2.65. The minimum atomic E-state index is -4.79. The number of imidazole rings is 1. The van der Waals surface area contributed by atoms with E-state index in [1.54, 1.807) is 34.1 Å². The number of carbonyl (C=O) groups excluding carboxylic acids is 3. The van der Waals surface area contributed by atoms with Crippen molar-refractivity contribution in [1.82, 2.24) is 39.8 Å². The van der Waals surface area contributed by atoms with Crippen molar-refractivity contribution >= 4 is 23.5 Å². The molecule has 4 heterocycles. The molecule has 2 aliphatic rings. The van der Waals surface area contributed by atoms with E-state index in [0.717, 1.165) is 17.1 Å². The van der Waals surface area contributed by atoms with Gasteiger partial charge >= 0.3 is 12.2 Å². The van der Waals surface area contributed by atoms with E-state index in [9.17, 15) is 32.7 Å². The summed E-state index contributed by atoms with van der Waals surface area (Å²) in [6.07, 6.45) is -2.10. The Labute approximate surface area is 261 Å². The summed E-state index contributed by atoms with van der Waals surface area (Å²) in [5.41, 5.74) is -0.971. The molecule has 0 bridgehead atoms. The molecule has 4 N–H and O–H groups in total. The van der Waals surface area contributed by atoms with Crippen LogP contribution >= 0.6 is 0 Å². The van der Waals surface area contributed by atoms with Crippen molar-refractivity contribution in [2.75, 3.05) is 51.1 Å². The first-order chi connectivity index (χ1) is 21.8. The zero-order chi connectivity index (χ0) is 33.2. The van der Waals surface area contributed by atoms with Crippen LogP contribution < -0.4 is 16.0 Å². The number of piperazine rings is 1. The normalized spacial score (nSPS) is 16.0. The standard InChI is InChI=1S/C29H33F3N10O4/c1-3-18-12-19(4-5-20(18)26(44)40-8-10-41(11-9-40)27(45)36-17-28(46)15-34-16-28)37-25(43)24-35-13-22(39(24)2)21-14-42(7-6-33)38-23(21)29(30,31)32/h4-5,12-14,34,46H,3,7-11,15-17H2,1-2H3,(H,36,45)(H,37,43). The third kappa shape index (κ3) is 6.67. The minimum absolute atomic E-state index is 0.0117. The van der Waals surface area contributed by atoms with Crippen LogP contribution in [0.4, 0.5) is 23.7 Å². The molecule has 0 aliphatic carbocycles. The molecule has 244 valence electrons. The number of alkyl halides is 3. The van der Waals surface area contributed by atoms with Gasteiger partial charge in [0.2, 0.25) is 0 Å². The van der Waals surface area contributed by atoms with E-state index in [2.05, 4.69) is 26.0 Å². The van der Waals surface area contributed by atoms with Crippen LogP contribution in [-0.4, -0.2) is 103 Å². The van der Waals surface area contributed by atoms with Gasteiger partial charge in [-0.3, -0.25) is 14.3 Å². The molecule has 2 fully saturated rings. The lowest BCUT2D eigenvalue weighted by molar-refractivity contribution is -0.141. The summed E-state index contributed by atoms with van der Waals surface area (Å²) in [5, 5.41) is 30.9. The molecule has 1 aromatic carbocycles. The van der Waals surface area contributed by atoms with Gasteiger partial charge in [0.25, 0.3) is 11.8 Å². The van der Waals surface area contributed by atoms with Crippen LogP contribution in [0.25, 0.3) is 11.3 Å². The van der Waals surface area contributed by atoms with Gasteiger partial charge in [0, 0.05) is 63.8 Å². The highest BCUT2D eigenvalue weighted by Crippen LogP contribution is 2.36. The van der Waals surface area contributed by atoms with E-state index in [-0.39, 0.29) is 42.1 Å². The number of hydrogen-bond donors (Lipinski definition) is 4. The molecule has 3 aromatic rings. The molecule has 5 rings (SSSR count). The number of aliphatic hydroxyl groups is 1. The number of rotatable bonds is 8. The molecule has 0 saturated carbocycles. The maximum absolute atomic E-state index is 13.7. The Balaban J connectivity index is 1.24. The summed E-state index contributed by atoms with van der Waals surface area (Å²) in [5.74, 6) is -1.05. The average Bonchev–Trinajstić information content (AvgIpc) is 3.62. The molecule has 0 radical (unpaired) electrons. The molecule has 2 saturated heterocycles. The van der Waals surface area contributed by atoms with Crippen LogP contribution in [0.2, 0.25) is 0 Å². The van der Waals surface area contributed by atoms with Crippen LogP contribution in [-0.2, 0) is 26.2 Å². The molecular formula is C29H33F3N10O4. The maximum Gasteiger partial charge on any atom is 0.435 e. The van der Waals surface area contributed by atoms with Crippen LogP contribution in [0.1, 0.15) is 39.2 Å². The van der Waals surface area contributed by atoms with Crippen molar-refractivity contribution in [2.45, 2.75) is 31.7 Å². The minimum Gasteiger partial charge on any atom is -0.385 e. The maximum atomic E-state index is 13.7. The lowest BCUT2D eigenvalue weighted by atomic mass is 9.97. The van der Waals surface area contributed by atoms with E-state index in [4.69, 9.17) is 5.26 Å². The summed E-state index contributed by atoms with van der Waals surface area (Å²) in [7, 11) is 1.40. The third-order valence-corrected chi connectivity index (χ3v) is 8.04. The molecular weight excluding hydrogens is 609 g/mol. The van der Waals surface area contributed by atoms with Crippen molar-refractivity contribution in [1.29, 1.82) is 5.26 Å². The number of carbonyl (C=O) groups is 3. The fraction of sp³-hybridized carbons (Fsp3) is 0.448. The molecule has 0 atom stereocenters. The summed E-state index contributed by atoms with van der Waals surface area (Å²) in [6, 6.07) is 6.28. The quantitative estimate of drug-likeness (QED) is 0.286. The summed E-state index contributed by atoms with van der Waals surface area (Å²) in [4.78, 5) is 46.3. The molecule has 14 nitrogen and oxygen atoms in total. The number of hydrogen-bond acceptors (Lipinski definition) is 8. The van der Waals surface area contributed by atoms with Gasteiger partial charge in [-0.25, -0.2) is 9.78 Å². The largest absolute Gasteiger partial charge is 0.435 e. The number of β-amino-alcohol motifs (C(OH)–C–C–N with tert-alkyl or cyclic N) is 1. The molecule has 2 aliphatic heterocycles. The predicted octanol–water partition coefficient (Wildman–Crippen LogP) is 1.44. The lowest BCUT2D eigenvalue weighted by Gasteiger charge is -2.39. The first-order valence-electron chi connectivity index (χ1n) is 14.6. The molecule has 0 unspecified atom stereocenters. The van der Waals surface area contributed by atoms with E-state index in [1.165, 1.54) is 11.6 Å². The van der Waals surface area contributed by atoms with Crippen LogP contribution in [0.15, 0.2) is 30.6 Å². The summed E-state index contributed by atoms with van der Waals surface area (Å²) >= 11 is 0. The number of urea groups is 1. The third-order valence-electron chi connectivity index (χ3n) is 8.04. The first kappa shape index (κ1) is 32.4. The average molecular weight is 643 g/mol. The van der Waals surface area contributed by atoms with Crippen molar-refractivity contribution in [3.05, 3.63) is 53.2 Å². The molecule has 46 heavy (non-hydrogen) atoms. The van der Waals surface area contributed by atoms with E-state index >= 15 is 0 Å². The highest BCUT2D eigenvalue weighted by molar-refractivity contribution is 6.03. The number of nitrogens with zero attached hydrogens (tertiary/aromatic N) is 7. The number of benzene rings is 1. The fourth-order valence-corrected chi connectivity index (χ4v) is 5.38. The van der Waals surface area contributed by atoms with Crippen LogP contribution in [0.5, 0.6) is 0 Å². The number of amides is 4. The highest BCUT2D eigenvalue weighted by atomic mass is 19.4. The van der Waals surface area contributed by atoms with Gasteiger partial charge < -0.3 is 35.4 Å². The number of aryl methyl sites for hydroxylation is 1. The van der Waals surface area contributed by atoms with Crippen molar-refractivity contribution in [2.24, 2.45) is 7.05 Å². The Hall–Kier alpha value is -4.95. The second-order valence-electron chi connectivity index (χ2n) is 11.2. The second-order valence-corrected chi connectivity index (χ2v) is 11.2. The van der Waals surface area contributed by atoms with E-state index < -0.39 is 23.4 Å². The predicted molar refractivity (Wildman–Crippen MR) is 158 cm³/mol. The Morgan fingerprint density at radius 3 is 2.46 bits per heavy atom. The van der Waals surface area contributed by atoms with E-state index in [0.29, 0.717) is 62.5 Å². The van der Waals surface area contributed by atoms with Gasteiger partial charge in [-0.05, 0) is 30.2 Å². The van der Waals surface area contributed by atoms with Crippen LogP contribution in [0, 0.1) is 11.3 Å². The fourth-order valence-electron chi connectivity index (χ4n) is 5.38. The SMILES string of the molecule is CCc1cc(NC(=O)c2ncc(-c3cn(CC#N)nc3C(F)(F)F)n2C)ccc1C(=O)N1CCN(C(=O)NCC2(O)CNC2)CC1. The number of aromatic nitrogens is 4. The number of anilines is 1.